The molecule has 0 bridgehead atoms. The number of aliphatic hydroxyl groups excluding tert-OH is 1. The van der Waals surface area contributed by atoms with Crippen molar-refractivity contribution >= 4 is 15.8 Å². The van der Waals surface area contributed by atoms with Crippen LogP contribution in [0.15, 0.2) is 23.2 Å². The van der Waals surface area contributed by atoms with Gasteiger partial charge in [-0.05, 0) is 32.4 Å². The Morgan fingerprint density at radius 2 is 2.00 bits per heavy atom. The summed E-state index contributed by atoms with van der Waals surface area (Å²) in [6.45, 7) is 3.96. The Morgan fingerprint density at radius 3 is 2.42 bits per heavy atom. The number of hydrogen-bond donors (Lipinski definition) is 2. The summed E-state index contributed by atoms with van der Waals surface area (Å²) < 4.78 is 24.9. The molecule has 0 aromatic carbocycles. The van der Waals surface area contributed by atoms with Gasteiger partial charge in [0, 0.05) is 32.4 Å². The molecule has 0 amide bonds. The number of nitrogens with zero attached hydrogens (tertiary/aromatic N) is 2. The molecule has 6 nitrogen and oxygen atoms in total. The second-order valence-corrected chi connectivity index (χ2v) is 7.30. The molecule has 0 spiro atoms. The van der Waals surface area contributed by atoms with Crippen LogP contribution in [-0.2, 0) is 10.0 Å². The van der Waals surface area contributed by atoms with E-state index < -0.39 is 10.0 Å². The smallest absolute Gasteiger partial charge is 0.244 e. The van der Waals surface area contributed by atoms with Crippen molar-refractivity contribution in [2.75, 3.05) is 26.0 Å². The number of anilines is 1. The highest BCUT2D eigenvalue weighted by Gasteiger charge is 2.19. The zero-order valence-corrected chi connectivity index (χ0v) is 12.5. The standard InChI is InChI=1S/C12H21N3O3S/c1-12(2,7-8-16)14-11-6-5-10(9-13-11)19(17,18)15(3)4/h5-6,9,16H,7-8H2,1-4H3,(H,13,14). The van der Waals surface area contributed by atoms with Crippen LogP contribution in [0.1, 0.15) is 20.3 Å². The fourth-order valence-electron chi connectivity index (χ4n) is 1.51. The SMILES string of the molecule is CN(C)S(=O)(=O)c1ccc(NC(C)(C)CCO)nc1. The topological polar surface area (TPSA) is 82.5 Å². The maximum Gasteiger partial charge on any atom is 0.244 e. The lowest BCUT2D eigenvalue weighted by Crippen LogP contribution is -2.32. The van der Waals surface area contributed by atoms with Gasteiger partial charge in [0.15, 0.2) is 0 Å². The Balaban J connectivity index is 2.89. The van der Waals surface area contributed by atoms with Gasteiger partial charge in [-0.1, -0.05) is 0 Å². The van der Waals surface area contributed by atoms with Crippen molar-refractivity contribution in [3.8, 4) is 0 Å². The van der Waals surface area contributed by atoms with Gasteiger partial charge >= 0.3 is 0 Å². The molecule has 108 valence electrons. The largest absolute Gasteiger partial charge is 0.396 e. The quantitative estimate of drug-likeness (QED) is 0.812. The maximum absolute atomic E-state index is 11.9. The van der Waals surface area contributed by atoms with Gasteiger partial charge in [0.1, 0.15) is 10.7 Å². The number of nitrogens with one attached hydrogen (secondary N) is 1. The first-order valence-electron chi connectivity index (χ1n) is 5.97. The molecule has 0 atom stereocenters. The third kappa shape index (κ3) is 4.15. The third-order valence-corrected chi connectivity index (χ3v) is 4.52. The number of rotatable bonds is 6. The minimum absolute atomic E-state index is 0.0765. The Labute approximate surface area is 114 Å². The van der Waals surface area contributed by atoms with Gasteiger partial charge in [0.05, 0.1) is 0 Å². The Morgan fingerprint density at radius 1 is 1.37 bits per heavy atom. The molecular weight excluding hydrogens is 266 g/mol. The third-order valence-electron chi connectivity index (χ3n) is 2.72. The van der Waals surface area contributed by atoms with Crippen LogP contribution in [0.2, 0.25) is 0 Å². The van der Waals surface area contributed by atoms with Gasteiger partial charge in [-0.2, -0.15) is 0 Å². The van der Waals surface area contributed by atoms with E-state index >= 15 is 0 Å². The summed E-state index contributed by atoms with van der Waals surface area (Å²) in [5, 5.41) is 12.1. The predicted octanol–water partition coefficient (Wildman–Crippen LogP) is 0.905. The molecular formula is C12H21N3O3S. The summed E-state index contributed by atoms with van der Waals surface area (Å²) >= 11 is 0. The first-order valence-corrected chi connectivity index (χ1v) is 7.41. The van der Waals surface area contributed by atoms with Crippen molar-refractivity contribution in [2.24, 2.45) is 0 Å². The summed E-state index contributed by atoms with van der Waals surface area (Å²) in [4.78, 5) is 4.25. The number of aromatic nitrogens is 1. The van der Waals surface area contributed by atoms with E-state index in [9.17, 15) is 8.42 Å². The van der Waals surface area contributed by atoms with Crippen LogP contribution in [0.3, 0.4) is 0 Å². The van der Waals surface area contributed by atoms with Gasteiger partial charge in [0.25, 0.3) is 0 Å². The van der Waals surface area contributed by atoms with E-state index in [-0.39, 0.29) is 17.0 Å². The molecule has 0 aliphatic heterocycles. The van der Waals surface area contributed by atoms with Crippen molar-refractivity contribution < 1.29 is 13.5 Å². The molecule has 1 aromatic rings. The number of hydrogen-bond acceptors (Lipinski definition) is 5. The van der Waals surface area contributed by atoms with Crippen LogP contribution in [-0.4, -0.2) is 49.1 Å². The monoisotopic (exact) mass is 287 g/mol. The van der Waals surface area contributed by atoms with E-state index in [0.29, 0.717) is 12.2 Å². The summed E-state index contributed by atoms with van der Waals surface area (Å²) in [5.74, 6) is 0.580. The van der Waals surface area contributed by atoms with Gasteiger partial charge in [-0.25, -0.2) is 17.7 Å². The van der Waals surface area contributed by atoms with Crippen LogP contribution in [0.5, 0.6) is 0 Å². The molecule has 0 saturated carbocycles. The summed E-state index contributed by atoms with van der Waals surface area (Å²) in [6, 6.07) is 3.13. The molecule has 7 heteroatoms. The van der Waals surface area contributed by atoms with Crippen LogP contribution in [0.4, 0.5) is 5.82 Å². The van der Waals surface area contributed by atoms with Crippen LogP contribution in [0, 0.1) is 0 Å². The Hall–Kier alpha value is -1.18. The van der Waals surface area contributed by atoms with Crippen molar-refractivity contribution in [2.45, 2.75) is 30.7 Å². The minimum atomic E-state index is -3.44. The van der Waals surface area contributed by atoms with E-state index in [4.69, 9.17) is 5.11 Å². The average Bonchev–Trinajstić information content (AvgIpc) is 2.28. The van der Waals surface area contributed by atoms with Gasteiger partial charge in [0.2, 0.25) is 10.0 Å². The van der Waals surface area contributed by atoms with Gasteiger partial charge < -0.3 is 10.4 Å². The molecule has 19 heavy (non-hydrogen) atoms. The molecule has 0 aliphatic rings. The fourth-order valence-corrected chi connectivity index (χ4v) is 2.35. The van der Waals surface area contributed by atoms with Crippen LogP contribution in [0.25, 0.3) is 0 Å². The van der Waals surface area contributed by atoms with E-state index in [1.54, 1.807) is 6.07 Å². The fraction of sp³-hybridized carbons (Fsp3) is 0.583. The average molecular weight is 287 g/mol. The second kappa shape index (κ2) is 5.85. The zero-order chi connectivity index (χ0) is 14.7. The Bertz CT molecular complexity index is 510. The van der Waals surface area contributed by atoms with Crippen LogP contribution >= 0.6 is 0 Å². The van der Waals surface area contributed by atoms with Crippen molar-refractivity contribution in [1.82, 2.24) is 9.29 Å². The van der Waals surface area contributed by atoms with Crippen molar-refractivity contribution in [1.29, 1.82) is 0 Å². The minimum Gasteiger partial charge on any atom is -0.396 e. The number of aliphatic hydroxyl groups is 1. The lowest BCUT2D eigenvalue weighted by Gasteiger charge is -2.26. The number of sulfonamides is 1. The summed E-state index contributed by atoms with van der Waals surface area (Å²) in [5.41, 5.74) is -0.302. The highest BCUT2D eigenvalue weighted by atomic mass is 32.2. The summed E-state index contributed by atoms with van der Waals surface area (Å²) in [6.07, 6.45) is 1.90. The lowest BCUT2D eigenvalue weighted by atomic mass is 10.0. The van der Waals surface area contributed by atoms with Gasteiger partial charge in [-0.3, -0.25) is 0 Å². The molecule has 0 fully saturated rings. The van der Waals surface area contributed by atoms with E-state index in [1.165, 1.54) is 26.4 Å². The molecule has 1 rings (SSSR count). The highest BCUT2D eigenvalue weighted by Crippen LogP contribution is 2.18. The van der Waals surface area contributed by atoms with Gasteiger partial charge in [-0.15, -0.1) is 0 Å². The second-order valence-electron chi connectivity index (χ2n) is 5.15. The predicted molar refractivity (Wildman–Crippen MR) is 74.5 cm³/mol. The molecule has 0 saturated heterocycles. The van der Waals surface area contributed by atoms with E-state index in [1.807, 2.05) is 13.8 Å². The Kier molecular flexibility index (Phi) is 4.89. The molecule has 0 radical (unpaired) electrons. The summed E-state index contributed by atoms with van der Waals surface area (Å²) in [7, 11) is -0.488. The van der Waals surface area contributed by atoms with Crippen molar-refractivity contribution in [3.63, 3.8) is 0 Å². The zero-order valence-electron chi connectivity index (χ0n) is 11.7. The van der Waals surface area contributed by atoms with E-state index in [0.717, 1.165) is 4.31 Å². The maximum atomic E-state index is 11.9. The highest BCUT2D eigenvalue weighted by molar-refractivity contribution is 7.89. The molecule has 2 N–H and O–H groups in total. The first-order chi connectivity index (χ1) is 8.69. The molecule has 0 unspecified atom stereocenters. The van der Waals surface area contributed by atoms with Crippen molar-refractivity contribution in [3.05, 3.63) is 18.3 Å². The van der Waals surface area contributed by atoms with E-state index in [2.05, 4.69) is 10.3 Å². The molecule has 1 aromatic heterocycles. The molecule has 0 aliphatic carbocycles. The number of pyridine rings is 1. The van der Waals surface area contributed by atoms with Crippen LogP contribution < -0.4 is 5.32 Å². The normalized spacial score (nSPS) is 12.7. The first kappa shape index (κ1) is 15.9. The lowest BCUT2D eigenvalue weighted by molar-refractivity contribution is 0.260. The molecule has 1 heterocycles.